The van der Waals surface area contributed by atoms with Crippen molar-refractivity contribution in [3.63, 3.8) is 0 Å². The van der Waals surface area contributed by atoms with E-state index in [1.807, 2.05) is 30.1 Å². The van der Waals surface area contributed by atoms with Crippen molar-refractivity contribution < 1.29 is 9.26 Å². The highest BCUT2D eigenvalue weighted by molar-refractivity contribution is 5.57. The number of anilines is 1. The molecule has 0 fully saturated rings. The minimum Gasteiger partial charge on any atom is -0.481 e. The second-order valence-electron chi connectivity index (χ2n) is 4.69. The molecule has 3 aromatic rings. The first-order chi connectivity index (χ1) is 10.8. The fraction of sp³-hybridized carbons (Fsp3) is 0.200. The van der Waals surface area contributed by atoms with Crippen LogP contribution in [0, 0.1) is 0 Å². The molecule has 0 aliphatic heterocycles. The van der Waals surface area contributed by atoms with Crippen LogP contribution in [0.5, 0.6) is 5.88 Å². The highest BCUT2D eigenvalue weighted by atomic mass is 16.5. The Balaban J connectivity index is 1.74. The van der Waals surface area contributed by atoms with Gasteiger partial charge in [0, 0.05) is 37.1 Å². The molecule has 0 radical (unpaired) electrons. The summed E-state index contributed by atoms with van der Waals surface area (Å²) in [6.45, 7) is 0.540. The normalized spacial score (nSPS) is 10.5. The first-order valence-electron chi connectivity index (χ1n) is 6.69. The van der Waals surface area contributed by atoms with Crippen molar-refractivity contribution in [3.05, 3.63) is 48.7 Å². The molecule has 0 aliphatic carbocycles. The highest BCUT2D eigenvalue weighted by Crippen LogP contribution is 2.21. The topological polar surface area (TPSA) is 77.2 Å². The SMILES string of the molecule is COc1cc(N(C)Cc2cc(-c3ccncc3)no2)ncn1. The van der Waals surface area contributed by atoms with Gasteiger partial charge in [-0.1, -0.05) is 5.16 Å². The number of ether oxygens (including phenoxy) is 1. The molecule has 3 aromatic heterocycles. The molecule has 7 nitrogen and oxygen atoms in total. The van der Waals surface area contributed by atoms with Crippen LogP contribution in [0.4, 0.5) is 5.82 Å². The Bertz CT molecular complexity index is 744. The van der Waals surface area contributed by atoms with Crippen molar-refractivity contribution in [1.82, 2.24) is 20.1 Å². The van der Waals surface area contributed by atoms with Gasteiger partial charge in [0.15, 0.2) is 5.76 Å². The molecule has 0 saturated carbocycles. The van der Waals surface area contributed by atoms with Crippen molar-refractivity contribution in [2.45, 2.75) is 6.54 Å². The third-order valence-corrected chi connectivity index (χ3v) is 3.16. The molecule has 0 spiro atoms. The molecule has 3 rings (SSSR count). The Kier molecular flexibility index (Phi) is 3.95. The predicted octanol–water partition coefficient (Wildman–Crippen LogP) is 2.17. The molecule has 0 saturated heterocycles. The van der Waals surface area contributed by atoms with Gasteiger partial charge in [0.05, 0.1) is 13.7 Å². The summed E-state index contributed by atoms with van der Waals surface area (Å²) in [4.78, 5) is 14.1. The molecule has 0 bridgehead atoms. The Morgan fingerprint density at radius 1 is 1.18 bits per heavy atom. The van der Waals surface area contributed by atoms with E-state index in [4.69, 9.17) is 9.26 Å². The van der Waals surface area contributed by atoms with Crippen molar-refractivity contribution in [2.24, 2.45) is 0 Å². The predicted molar refractivity (Wildman–Crippen MR) is 80.4 cm³/mol. The number of pyridine rings is 1. The minimum atomic E-state index is 0.520. The van der Waals surface area contributed by atoms with Crippen LogP contribution >= 0.6 is 0 Å². The summed E-state index contributed by atoms with van der Waals surface area (Å²) >= 11 is 0. The Morgan fingerprint density at radius 2 is 2.00 bits per heavy atom. The van der Waals surface area contributed by atoms with E-state index in [0.29, 0.717) is 12.4 Å². The maximum atomic E-state index is 5.38. The van der Waals surface area contributed by atoms with Crippen LogP contribution in [0.2, 0.25) is 0 Å². The lowest BCUT2D eigenvalue weighted by Crippen LogP contribution is -2.17. The molecule has 0 aliphatic rings. The molecule has 0 unspecified atom stereocenters. The third kappa shape index (κ3) is 3.03. The van der Waals surface area contributed by atoms with Gasteiger partial charge in [0.1, 0.15) is 17.8 Å². The van der Waals surface area contributed by atoms with Gasteiger partial charge in [0.25, 0.3) is 0 Å². The Morgan fingerprint density at radius 3 is 2.77 bits per heavy atom. The van der Waals surface area contributed by atoms with Gasteiger partial charge < -0.3 is 14.2 Å². The van der Waals surface area contributed by atoms with Crippen molar-refractivity contribution in [2.75, 3.05) is 19.1 Å². The van der Waals surface area contributed by atoms with Crippen LogP contribution in [0.25, 0.3) is 11.3 Å². The molecule has 0 amide bonds. The first kappa shape index (κ1) is 14.0. The average Bonchev–Trinajstić information content (AvgIpc) is 3.04. The summed E-state index contributed by atoms with van der Waals surface area (Å²) in [5.74, 6) is 2.01. The van der Waals surface area contributed by atoms with E-state index in [-0.39, 0.29) is 0 Å². The van der Waals surface area contributed by atoms with E-state index in [2.05, 4.69) is 20.1 Å². The third-order valence-electron chi connectivity index (χ3n) is 3.16. The summed E-state index contributed by atoms with van der Waals surface area (Å²) < 4.78 is 10.5. The van der Waals surface area contributed by atoms with Crippen LogP contribution in [0.3, 0.4) is 0 Å². The lowest BCUT2D eigenvalue weighted by molar-refractivity contribution is 0.384. The summed E-state index contributed by atoms with van der Waals surface area (Å²) in [6.07, 6.45) is 4.92. The summed E-state index contributed by atoms with van der Waals surface area (Å²) in [5, 5.41) is 4.08. The van der Waals surface area contributed by atoms with E-state index < -0.39 is 0 Å². The monoisotopic (exact) mass is 297 g/mol. The summed E-state index contributed by atoms with van der Waals surface area (Å²) in [7, 11) is 3.49. The molecule has 3 heterocycles. The smallest absolute Gasteiger partial charge is 0.218 e. The van der Waals surface area contributed by atoms with Gasteiger partial charge in [-0.3, -0.25) is 4.98 Å². The summed E-state index contributed by atoms with van der Waals surface area (Å²) in [5.41, 5.74) is 1.75. The molecule has 22 heavy (non-hydrogen) atoms. The number of hydrogen-bond acceptors (Lipinski definition) is 7. The van der Waals surface area contributed by atoms with Gasteiger partial charge in [0.2, 0.25) is 5.88 Å². The van der Waals surface area contributed by atoms with Crippen LogP contribution in [0.15, 0.2) is 47.5 Å². The number of nitrogens with zero attached hydrogens (tertiary/aromatic N) is 5. The second kappa shape index (κ2) is 6.21. The van der Waals surface area contributed by atoms with E-state index in [0.717, 1.165) is 22.8 Å². The quantitative estimate of drug-likeness (QED) is 0.714. The van der Waals surface area contributed by atoms with Gasteiger partial charge in [-0.25, -0.2) is 9.97 Å². The van der Waals surface area contributed by atoms with Gasteiger partial charge in [-0.15, -0.1) is 0 Å². The van der Waals surface area contributed by atoms with Crippen LogP contribution < -0.4 is 9.64 Å². The zero-order valence-electron chi connectivity index (χ0n) is 12.3. The van der Waals surface area contributed by atoms with E-state index in [1.54, 1.807) is 25.6 Å². The number of hydrogen-bond donors (Lipinski definition) is 0. The summed E-state index contributed by atoms with van der Waals surface area (Å²) in [6, 6.07) is 7.45. The zero-order chi connectivity index (χ0) is 15.4. The standard InChI is InChI=1S/C15H15N5O2/c1-20(14-8-15(21-2)18-10-17-14)9-12-7-13(19-22-12)11-3-5-16-6-4-11/h3-8,10H,9H2,1-2H3. The van der Waals surface area contributed by atoms with E-state index in [1.165, 1.54) is 6.33 Å². The Hall–Kier alpha value is -2.96. The fourth-order valence-electron chi connectivity index (χ4n) is 2.01. The highest BCUT2D eigenvalue weighted by Gasteiger charge is 2.11. The fourth-order valence-corrected chi connectivity index (χ4v) is 2.01. The Labute approximate surface area is 127 Å². The van der Waals surface area contributed by atoms with Crippen molar-refractivity contribution in [1.29, 1.82) is 0 Å². The molecule has 7 heteroatoms. The minimum absolute atomic E-state index is 0.520. The van der Waals surface area contributed by atoms with Crippen LogP contribution in [-0.4, -0.2) is 34.3 Å². The molecule has 0 atom stereocenters. The van der Waals surface area contributed by atoms with Crippen molar-refractivity contribution >= 4 is 5.82 Å². The van der Waals surface area contributed by atoms with Gasteiger partial charge in [-0.2, -0.15) is 0 Å². The zero-order valence-corrected chi connectivity index (χ0v) is 12.3. The number of methoxy groups -OCH3 is 1. The first-order valence-corrected chi connectivity index (χ1v) is 6.69. The van der Waals surface area contributed by atoms with E-state index in [9.17, 15) is 0 Å². The number of rotatable bonds is 5. The molecule has 0 aromatic carbocycles. The second-order valence-corrected chi connectivity index (χ2v) is 4.69. The maximum Gasteiger partial charge on any atom is 0.218 e. The lowest BCUT2D eigenvalue weighted by atomic mass is 10.2. The largest absolute Gasteiger partial charge is 0.481 e. The van der Waals surface area contributed by atoms with Crippen LogP contribution in [0.1, 0.15) is 5.76 Å². The van der Waals surface area contributed by atoms with Crippen LogP contribution in [-0.2, 0) is 6.54 Å². The molecule has 0 N–H and O–H groups in total. The number of aromatic nitrogens is 4. The molecular formula is C15H15N5O2. The van der Waals surface area contributed by atoms with Gasteiger partial charge in [-0.05, 0) is 12.1 Å². The average molecular weight is 297 g/mol. The van der Waals surface area contributed by atoms with Crippen molar-refractivity contribution in [3.8, 4) is 17.1 Å². The lowest BCUT2D eigenvalue weighted by Gasteiger charge is -2.16. The van der Waals surface area contributed by atoms with Gasteiger partial charge >= 0.3 is 0 Å². The molecule has 112 valence electrons. The maximum absolute atomic E-state index is 5.38. The van der Waals surface area contributed by atoms with E-state index >= 15 is 0 Å². The molecular weight excluding hydrogens is 282 g/mol.